The van der Waals surface area contributed by atoms with Crippen molar-refractivity contribution in [2.45, 2.75) is 26.8 Å². The van der Waals surface area contributed by atoms with Crippen molar-refractivity contribution >= 4 is 23.2 Å². The lowest BCUT2D eigenvalue weighted by Gasteiger charge is -2.18. The second-order valence-electron chi connectivity index (χ2n) is 6.55. The number of allylic oxidation sites excluding steroid dienone is 5. The molecule has 1 aromatic carbocycles. The van der Waals surface area contributed by atoms with Gasteiger partial charge in [0.25, 0.3) is 5.56 Å². The van der Waals surface area contributed by atoms with E-state index in [0.717, 1.165) is 12.2 Å². The molecular formula is C22H24ClF2N3O3. The van der Waals surface area contributed by atoms with Crippen LogP contribution in [0.25, 0.3) is 0 Å². The maximum absolute atomic E-state index is 14.0. The molecule has 0 bridgehead atoms. The van der Waals surface area contributed by atoms with Gasteiger partial charge in [-0.15, -0.1) is 0 Å². The Kier molecular flexibility index (Phi) is 8.38. The summed E-state index contributed by atoms with van der Waals surface area (Å²) in [5, 5.41) is 3.33. The van der Waals surface area contributed by atoms with Crippen LogP contribution in [0.1, 0.15) is 18.9 Å². The number of nitrogens with zero attached hydrogens (tertiary/aromatic N) is 2. The molecule has 1 aromatic heterocycles. The van der Waals surface area contributed by atoms with Crippen molar-refractivity contribution < 1.29 is 18.3 Å². The summed E-state index contributed by atoms with van der Waals surface area (Å²) in [7, 11) is 2.97. The van der Waals surface area contributed by atoms with Gasteiger partial charge in [-0.1, -0.05) is 25.1 Å². The van der Waals surface area contributed by atoms with Gasteiger partial charge in [-0.05, 0) is 31.1 Å². The first kappa shape index (κ1) is 24.1. The van der Waals surface area contributed by atoms with Crippen LogP contribution in [0.2, 0.25) is 5.02 Å². The largest absolute Gasteiger partial charge is 0.493 e. The number of halogens is 3. The highest BCUT2D eigenvalue weighted by Gasteiger charge is 2.14. The fraction of sp³-hybridized carbons (Fsp3) is 0.273. The van der Waals surface area contributed by atoms with E-state index in [1.165, 1.54) is 14.2 Å². The van der Waals surface area contributed by atoms with Crippen LogP contribution in [0, 0.1) is 6.92 Å². The number of methoxy groups -OCH3 is 2. The molecule has 6 nitrogen and oxygen atoms in total. The summed E-state index contributed by atoms with van der Waals surface area (Å²) in [5.41, 5.74) is 0.962. The van der Waals surface area contributed by atoms with Gasteiger partial charge in [0.05, 0.1) is 24.9 Å². The number of anilines is 2. The van der Waals surface area contributed by atoms with Crippen LogP contribution >= 0.6 is 11.6 Å². The Bertz CT molecular complexity index is 1090. The fourth-order valence-corrected chi connectivity index (χ4v) is 2.91. The quantitative estimate of drug-likeness (QED) is 0.500. The lowest BCUT2D eigenvalue weighted by atomic mass is 10.1. The van der Waals surface area contributed by atoms with E-state index in [-0.39, 0.29) is 12.5 Å². The molecular weight excluding hydrogens is 428 g/mol. The van der Waals surface area contributed by atoms with Crippen molar-refractivity contribution in [1.82, 2.24) is 9.55 Å². The van der Waals surface area contributed by atoms with E-state index in [0.29, 0.717) is 39.8 Å². The summed E-state index contributed by atoms with van der Waals surface area (Å²) in [4.78, 5) is 16.2. The molecule has 0 saturated heterocycles. The van der Waals surface area contributed by atoms with E-state index in [4.69, 9.17) is 21.1 Å². The highest BCUT2D eigenvalue weighted by Crippen LogP contribution is 2.37. The van der Waals surface area contributed by atoms with Gasteiger partial charge in [0.2, 0.25) is 5.95 Å². The van der Waals surface area contributed by atoms with E-state index in [2.05, 4.69) is 16.9 Å². The van der Waals surface area contributed by atoms with Gasteiger partial charge in [0.15, 0.2) is 23.2 Å². The summed E-state index contributed by atoms with van der Waals surface area (Å²) >= 11 is 6.33. The van der Waals surface area contributed by atoms with Crippen LogP contribution < -0.4 is 20.3 Å². The number of ether oxygens (including phenoxy) is 2. The SMILES string of the molecule is C=C/C(F)=C(F)\C=C(/CC)Cn1cc(C)c(=O)nc1Nc1cc(OC)c(OC)cc1Cl. The van der Waals surface area contributed by atoms with Crippen LogP contribution in [-0.2, 0) is 6.54 Å². The van der Waals surface area contributed by atoms with Crippen LogP contribution in [0.15, 0.2) is 59.1 Å². The van der Waals surface area contributed by atoms with Crippen LogP contribution in [0.5, 0.6) is 11.5 Å². The van der Waals surface area contributed by atoms with Crippen molar-refractivity contribution in [1.29, 1.82) is 0 Å². The third-order valence-corrected chi connectivity index (χ3v) is 4.76. The maximum Gasteiger partial charge on any atom is 0.277 e. The Morgan fingerprint density at radius 1 is 1.26 bits per heavy atom. The molecule has 1 N–H and O–H groups in total. The molecule has 0 aliphatic heterocycles. The lowest BCUT2D eigenvalue weighted by Crippen LogP contribution is -2.19. The maximum atomic E-state index is 14.0. The molecule has 0 aliphatic carbocycles. The summed E-state index contributed by atoms with van der Waals surface area (Å²) < 4.78 is 39.5. The number of nitrogens with one attached hydrogen (secondary N) is 1. The zero-order valence-corrected chi connectivity index (χ0v) is 18.5. The minimum atomic E-state index is -1.05. The lowest BCUT2D eigenvalue weighted by molar-refractivity contribution is 0.355. The van der Waals surface area contributed by atoms with Crippen molar-refractivity contribution in [3.63, 3.8) is 0 Å². The molecule has 0 fully saturated rings. The number of hydrogen-bond donors (Lipinski definition) is 1. The normalized spacial score (nSPS) is 12.3. The molecule has 2 aromatic rings. The molecule has 9 heteroatoms. The topological polar surface area (TPSA) is 65.4 Å². The first-order chi connectivity index (χ1) is 14.7. The van der Waals surface area contributed by atoms with Crippen molar-refractivity contribution in [2.24, 2.45) is 0 Å². The zero-order valence-electron chi connectivity index (χ0n) is 17.8. The van der Waals surface area contributed by atoms with E-state index < -0.39 is 17.2 Å². The summed E-state index contributed by atoms with van der Waals surface area (Å²) in [6, 6.07) is 3.17. The number of hydrogen-bond acceptors (Lipinski definition) is 5. The minimum absolute atomic E-state index is 0.162. The third-order valence-electron chi connectivity index (χ3n) is 4.45. The predicted octanol–water partition coefficient (Wildman–Crippen LogP) is 5.64. The second-order valence-corrected chi connectivity index (χ2v) is 6.96. The Labute approximate surface area is 184 Å². The molecule has 2 rings (SSSR count). The molecule has 0 saturated carbocycles. The standard InChI is InChI=1S/C22H24ClF2N3O3/c1-6-14(8-17(25)16(24)7-2)12-28-11-13(3)21(29)27-22(28)26-18-10-20(31-5)19(30-4)9-15(18)23/h7-11H,2,6,12H2,1,3-5H3,(H,26,27,29)/b14-8+,17-16-. The van der Waals surface area contributed by atoms with E-state index in [1.807, 2.05) is 6.92 Å². The third kappa shape index (κ3) is 5.95. The highest BCUT2D eigenvalue weighted by atomic mass is 35.5. The van der Waals surface area contributed by atoms with Gasteiger partial charge in [-0.2, -0.15) is 4.98 Å². The number of rotatable bonds is 9. The first-order valence-electron chi connectivity index (χ1n) is 9.37. The molecule has 0 spiro atoms. The average molecular weight is 452 g/mol. The van der Waals surface area contributed by atoms with Gasteiger partial charge < -0.3 is 19.4 Å². The van der Waals surface area contributed by atoms with Crippen LogP contribution in [0.4, 0.5) is 20.4 Å². The highest BCUT2D eigenvalue weighted by molar-refractivity contribution is 6.33. The number of benzene rings is 1. The summed E-state index contributed by atoms with van der Waals surface area (Å²) in [5.74, 6) is -1.02. The van der Waals surface area contributed by atoms with Gasteiger partial charge >= 0.3 is 0 Å². The zero-order chi connectivity index (χ0) is 23.1. The Hall–Kier alpha value is -3.13. The van der Waals surface area contributed by atoms with Crippen molar-refractivity contribution in [3.05, 3.63) is 75.2 Å². The average Bonchev–Trinajstić information content (AvgIpc) is 2.76. The van der Waals surface area contributed by atoms with Crippen LogP contribution in [-0.4, -0.2) is 23.8 Å². The molecule has 0 amide bonds. The van der Waals surface area contributed by atoms with Crippen molar-refractivity contribution in [3.8, 4) is 11.5 Å². The molecule has 1 heterocycles. The summed E-state index contributed by atoms with van der Waals surface area (Å²) in [6.07, 6.45) is 3.94. The first-order valence-corrected chi connectivity index (χ1v) is 9.75. The molecule has 0 radical (unpaired) electrons. The number of aromatic nitrogens is 2. The van der Waals surface area contributed by atoms with Gasteiger partial charge in [-0.3, -0.25) is 4.79 Å². The fourth-order valence-electron chi connectivity index (χ4n) is 2.71. The monoisotopic (exact) mass is 451 g/mol. The van der Waals surface area contributed by atoms with Gasteiger partial charge in [0, 0.05) is 30.4 Å². The summed E-state index contributed by atoms with van der Waals surface area (Å²) in [6.45, 7) is 6.81. The molecule has 31 heavy (non-hydrogen) atoms. The molecule has 0 aliphatic rings. The molecule has 0 atom stereocenters. The van der Waals surface area contributed by atoms with Crippen LogP contribution in [0.3, 0.4) is 0 Å². The predicted molar refractivity (Wildman–Crippen MR) is 119 cm³/mol. The van der Waals surface area contributed by atoms with E-state index in [9.17, 15) is 13.6 Å². The molecule has 0 unspecified atom stereocenters. The minimum Gasteiger partial charge on any atom is -0.493 e. The molecule has 166 valence electrons. The Morgan fingerprint density at radius 3 is 2.48 bits per heavy atom. The smallest absolute Gasteiger partial charge is 0.277 e. The second kappa shape index (κ2) is 10.8. The number of aryl methyl sites for hydroxylation is 1. The van der Waals surface area contributed by atoms with E-state index >= 15 is 0 Å². The van der Waals surface area contributed by atoms with Crippen molar-refractivity contribution in [2.75, 3.05) is 19.5 Å². The Balaban J connectivity index is 2.51. The van der Waals surface area contributed by atoms with Gasteiger partial charge in [-0.25, -0.2) is 8.78 Å². The Morgan fingerprint density at radius 2 is 1.90 bits per heavy atom. The van der Waals surface area contributed by atoms with E-state index in [1.54, 1.807) is 29.8 Å². The van der Waals surface area contributed by atoms with Gasteiger partial charge in [0.1, 0.15) is 0 Å².